The summed E-state index contributed by atoms with van der Waals surface area (Å²) < 4.78 is 9.98. The molecule has 0 aromatic rings. The highest BCUT2D eigenvalue weighted by Gasteiger charge is 1.91. The standard InChI is InChI=1S/C7H16N2O4.C2H6.2H2/c8-7(11)9-1-3-12-5-6-13-4-2-10;1-2;;/h10H,1-6H2,(H3,8,9,11);1-2H3;2*1H. The van der Waals surface area contributed by atoms with Gasteiger partial charge in [0.1, 0.15) is 0 Å². The highest BCUT2D eigenvalue weighted by molar-refractivity contribution is 5.71. The zero-order chi connectivity index (χ0) is 11.9. The smallest absolute Gasteiger partial charge is 0.312 e. The van der Waals surface area contributed by atoms with Crippen molar-refractivity contribution in [2.45, 2.75) is 13.8 Å². The van der Waals surface area contributed by atoms with Crippen LogP contribution in [0.25, 0.3) is 0 Å². The van der Waals surface area contributed by atoms with Crippen molar-refractivity contribution in [1.82, 2.24) is 5.32 Å². The minimum atomic E-state index is -0.555. The topological polar surface area (TPSA) is 93.8 Å². The first-order valence-corrected chi connectivity index (χ1v) is 5.07. The van der Waals surface area contributed by atoms with Crippen LogP contribution in [-0.4, -0.2) is 50.7 Å². The van der Waals surface area contributed by atoms with Crippen LogP contribution in [0, 0.1) is 0 Å². The molecule has 0 heterocycles. The Balaban J connectivity index is -0.000000199. The van der Waals surface area contributed by atoms with Crippen molar-refractivity contribution in [3.8, 4) is 0 Å². The summed E-state index contributed by atoms with van der Waals surface area (Å²) in [6.45, 7) is 6.03. The summed E-state index contributed by atoms with van der Waals surface area (Å²) in [6.07, 6.45) is 0. The van der Waals surface area contributed by atoms with Gasteiger partial charge in [-0.15, -0.1) is 0 Å². The number of aliphatic hydroxyl groups is 1. The molecule has 0 rings (SSSR count). The third kappa shape index (κ3) is 19.5. The maximum atomic E-state index is 10.2. The SMILES string of the molecule is CC.NC(=O)NCCOCCOCCO.[HH].[HH]. The number of rotatable bonds is 8. The first-order chi connectivity index (χ1) is 7.27. The number of aliphatic hydroxyl groups excluding tert-OH is 1. The fourth-order valence-electron chi connectivity index (χ4n) is 0.633. The van der Waals surface area contributed by atoms with Crippen molar-refractivity contribution >= 4 is 6.03 Å². The van der Waals surface area contributed by atoms with E-state index in [4.69, 9.17) is 20.3 Å². The van der Waals surface area contributed by atoms with Gasteiger partial charge in [0.15, 0.2) is 0 Å². The molecule has 0 bridgehead atoms. The van der Waals surface area contributed by atoms with Crippen molar-refractivity contribution in [2.75, 3.05) is 39.6 Å². The van der Waals surface area contributed by atoms with Crippen LogP contribution in [0.1, 0.15) is 16.7 Å². The van der Waals surface area contributed by atoms with Gasteiger partial charge in [-0.25, -0.2) is 4.79 Å². The lowest BCUT2D eigenvalue weighted by atomic mass is 10.6. The van der Waals surface area contributed by atoms with Crippen LogP contribution in [0.2, 0.25) is 0 Å². The van der Waals surface area contributed by atoms with Crippen molar-refractivity contribution in [3.63, 3.8) is 0 Å². The highest BCUT2D eigenvalue weighted by atomic mass is 16.5. The molecule has 0 aliphatic heterocycles. The van der Waals surface area contributed by atoms with Crippen LogP contribution >= 0.6 is 0 Å². The molecule has 4 N–H and O–H groups in total. The van der Waals surface area contributed by atoms with Gasteiger partial charge in [0.05, 0.1) is 33.0 Å². The largest absolute Gasteiger partial charge is 0.394 e. The summed E-state index contributed by atoms with van der Waals surface area (Å²) in [5, 5.41) is 10.7. The maximum Gasteiger partial charge on any atom is 0.312 e. The van der Waals surface area contributed by atoms with Gasteiger partial charge in [0.2, 0.25) is 0 Å². The zero-order valence-electron chi connectivity index (χ0n) is 9.49. The van der Waals surface area contributed by atoms with E-state index in [1.165, 1.54) is 0 Å². The fourth-order valence-corrected chi connectivity index (χ4v) is 0.633. The summed E-state index contributed by atoms with van der Waals surface area (Å²) in [7, 11) is 0. The van der Waals surface area contributed by atoms with E-state index in [0.717, 1.165) is 0 Å². The summed E-state index contributed by atoms with van der Waals surface area (Å²) in [5.41, 5.74) is 4.81. The Morgan fingerprint density at radius 2 is 1.80 bits per heavy atom. The number of amides is 2. The molecular weight excluding hydrogens is 200 g/mol. The van der Waals surface area contributed by atoms with Gasteiger partial charge in [0.25, 0.3) is 0 Å². The fraction of sp³-hybridized carbons (Fsp3) is 0.889. The van der Waals surface area contributed by atoms with Crippen molar-refractivity contribution in [1.29, 1.82) is 0 Å². The molecule has 0 aliphatic rings. The lowest BCUT2D eigenvalue weighted by molar-refractivity contribution is 0.0345. The van der Waals surface area contributed by atoms with Crippen LogP contribution in [0.15, 0.2) is 0 Å². The molecule has 0 aromatic heterocycles. The van der Waals surface area contributed by atoms with Gasteiger partial charge in [-0.1, -0.05) is 13.8 Å². The minimum Gasteiger partial charge on any atom is -0.394 e. The third-order valence-corrected chi connectivity index (χ3v) is 1.15. The third-order valence-electron chi connectivity index (χ3n) is 1.15. The number of carbonyl (C=O) groups excluding carboxylic acids is 1. The Morgan fingerprint density at radius 3 is 2.27 bits per heavy atom. The molecule has 0 aliphatic carbocycles. The molecule has 0 saturated heterocycles. The van der Waals surface area contributed by atoms with E-state index >= 15 is 0 Å². The molecule has 0 spiro atoms. The lowest BCUT2D eigenvalue weighted by Gasteiger charge is -2.04. The zero-order valence-corrected chi connectivity index (χ0v) is 9.49. The monoisotopic (exact) mass is 226 g/mol. The molecule has 6 nitrogen and oxygen atoms in total. The molecule has 0 atom stereocenters. The molecule has 0 radical (unpaired) electrons. The lowest BCUT2D eigenvalue weighted by Crippen LogP contribution is -2.32. The van der Waals surface area contributed by atoms with Gasteiger partial charge >= 0.3 is 6.03 Å². The Bertz CT molecular complexity index is 142. The number of nitrogens with one attached hydrogen (secondary N) is 1. The molecule has 0 saturated carbocycles. The Morgan fingerprint density at radius 1 is 1.27 bits per heavy atom. The van der Waals surface area contributed by atoms with E-state index in [1.54, 1.807) is 0 Å². The van der Waals surface area contributed by atoms with Crippen molar-refractivity contribution < 1.29 is 22.2 Å². The summed E-state index contributed by atoms with van der Waals surface area (Å²) in [5.74, 6) is 0. The maximum absolute atomic E-state index is 10.2. The molecule has 6 heteroatoms. The number of primary amides is 1. The van der Waals surface area contributed by atoms with Gasteiger partial charge in [-0.05, 0) is 0 Å². The number of hydrogen-bond donors (Lipinski definition) is 3. The molecular formula is C9H26N2O4. The number of nitrogens with two attached hydrogens (primary N) is 1. The second-order valence-electron chi connectivity index (χ2n) is 2.24. The summed E-state index contributed by atoms with van der Waals surface area (Å²) >= 11 is 0. The average Bonchev–Trinajstić information content (AvgIpc) is 2.24. The van der Waals surface area contributed by atoms with Gasteiger partial charge < -0.3 is 25.6 Å². The van der Waals surface area contributed by atoms with E-state index in [2.05, 4.69) is 5.32 Å². The number of urea groups is 1. The number of hydrogen-bond acceptors (Lipinski definition) is 4. The highest BCUT2D eigenvalue weighted by Crippen LogP contribution is 1.77. The van der Waals surface area contributed by atoms with Crippen molar-refractivity contribution in [3.05, 3.63) is 0 Å². The first kappa shape index (κ1) is 16.6. The summed E-state index contributed by atoms with van der Waals surface area (Å²) in [6, 6.07) is -0.555. The quantitative estimate of drug-likeness (QED) is 0.515. The second kappa shape index (κ2) is 15.6. The van der Waals surface area contributed by atoms with E-state index in [1.807, 2.05) is 13.8 Å². The Labute approximate surface area is 93.7 Å². The predicted molar refractivity (Wildman–Crippen MR) is 61.9 cm³/mol. The number of ether oxygens (including phenoxy) is 2. The second-order valence-corrected chi connectivity index (χ2v) is 2.24. The molecule has 96 valence electrons. The first-order valence-electron chi connectivity index (χ1n) is 5.07. The van der Waals surface area contributed by atoms with E-state index in [-0.39, 0.29) is 9.46 Å². The number of carbonyl (C=O) groups is 1. The molecule has 2 amide bonds. The summed E-state index contributed by atoms with van der Waals surface area (Å²) in [4.78, 5) is 10.2. The van der Waals surface area contributed by atoms with Gasteiger partial charge in [0, 0.05) is 9.40 Å². The Hall–Kier alpha value is -0.850. The van der Waals surface area contributed by atoms with E-state index < -0.39 is 6.03 Å². The molecule has 0 fully saturated rings. The van der Waals surface area contributed by atoms with Gasteiger partial charge in [-0.3, -0.25) is 0 Å². The normalized spacial score (nSPS) is 9.00. The molecule has 0 unspecified atom stereocenters. The average molecular weight is 226 g/mol. The van der Waals surface area contributed by atoms with E-state index in [0.29, 0.717) is 33.0 Å². The van der Waals surface area contributed by atoms with Gasteiger partial charge in [-0.2, -0.15) is 0 Å². The van der Waals surface area contributed by atoms with E-state index in [9.17, 15) is 4.79 Å². The van der Waals surface area contributed by atoms with Crippen LogP contribution in [0.3, 0.4) is 0 Å². The Kier molecular flexibility index (Phi) is 17.3. The van der Waals surface area contributed by atoms with Crippen LogP contribution in [-0.2, 0) is 9.47 Å². The minimum absolute atomic E-state index is 0. The van der Waals surface area contributed by atoms with Crippen LogP contribution < -0.4 is 11.1 Å². The van der Waals surface area contributed by atoms with Crippen molar-refractivity contribution in [2.24, 2.45) is 5.73 Å². The van der Waals surface area contributed by atoms with Crippen LogP contribution in [0.5, 0.6) is 0 Å². The molecule has 15 heavy (non-hydrogen) atoms. The molecule has 0 aromatic carbocycles. The predicted octanol–water partition coefficient (Wildman–Crippen LogP) is 0.198. The van der Waals surface area contributed by atoms with Crippen LogP contribution in [0.4, 0.5) is 4.79 Å².